The van der Waals surface area contributed by atoms with Crippen molar-refractivity contribution in [3.05, 3.63) is 65.4 Å². The molecule has 5 heterocycles. The van der Waals surface area contributed by atoms with Crippen molar-refractivity contribution in [3.8, 4) is 11.4 Å². The summed E-state index contributed by atoms with van der Waals surface area (Å²) in [4.78, 5) is 27.0. The molecule has 0 saturated carbocycles. The smallest absolute Gasteiger partial charge is 0.274 e. The molecule has 1 N–H and O–H groups in total. The van der Waals surface area contributed by atoms with Gasteiger partial charge >= 0.3 is 0 Å². The predicted molar refractivity (Wildman–Crippen MR) is 139 cm³/mol. The number of hydrogen-bond acceptors (Lipinski definition) is 8. The molecule has 1 aromatic carbocycles. The highest BCUT2D eigenvalue weighted by Gasteiger charge is 2.30. The van der Waals surface area contributed by atoms with Crippen molar-refractivity contribution in [2.45, 2.75) is 19.3 Å². The number of aromatic nitrogens is 4. The van der Waals surface area contributed by atoms with Crippen molar-refractivity contribution >= 4 is 17.2 Å². The average molecular weight is 502 g/mol. The number of anilines is 1. The minimum Gasteiger partial charge on any atom is -0.379 e. The maximum absolute atomic E-state index is 13.3. The number of nitrogens with zero attached hydrogens (tertiary/aromatic N) is 6. The van der Waals surface area contributed by atoms with E-state index >= 15 is 0 Å². The molecule has 6 rings (SSSR count). The Bertz CT molecular complexity index is 1420. The summed E-state index contributed by atoms with van der Waals surface area (Å²) >= 11 is 0. The normalized spacial score (nSPS) is 17.2. The number of pyridine rings is 1. The molecule has 3 aromatic heterocycles. The first-order chi connectivity index (χ1) is 18.0. The van der Waals surface area contributed by atoms with E-state index < -0.39 is 0 Å². The van der Waals surface area contributed by atoms with Crippen LogP contribution in [0.3, 0.4) is 0 Å². The van der Waals surface area contributed by atoms with Gasteiger partial charge in [0.2, 0.25) is 11.7 Å². The summed E-state index contributed by atoms with van der Waals surface area (Å²) in [5, 5.41) is 7.24. The molecule has 0 unspecified atom stereocenters. The number of morpholine rings is 1. The van der Waals surface area contributed by atoms with Crippen LogP contribution in [0.15, 0.2) is 47.2 Å². The first-order valence-electron chi connectivity index (χ1n) is 12.7. The quantitative estimate of drug-likeness (QED) is 0.413. The number of rotatable bonds is 7. The summed E-state index contributed by atoms with van der Waals surface area (Å²) in [6, 6.07) is 9.84. The number of imidazole rings is 1. The van der Waals surface area contributed by atoms with Gasteiger partial charge < -0.3 is 19.5 Å². The Balaban J connectivity index is 1.18. The largest absolute Gasteiger partial charge is 0.379 e. The molecule has 2 fully saturated rings. The van der Waals surface area contributed by atoms with E-state index in [0.29, 0.717) is 23.1 Å². The average Bonchev–Trinajstić information content (AvgIpc) is 3.55. The predicted octanol–water partition coefficient (Wildman–Crippen LogP) is 2.85. The Hall–Kier alpha value is -3.60. The lowest BCUT2D eigenvalue weighted by molar-refractivity contribution is 0.0384. The summed E-state index contributed by atoms with van der Waals surface area (Å²) in [5.74, 6) is 1.25. The summed E-state index contributed by atoms with van der Waals surface area (Å²) in [6.07, 6.45) is 4.54. The van der Waals surface area contributed by atoms with E-state index in [2.05, 4.69) is 43.4 Å². The number of carbonyl (C=O) groups is 1. The van der Waals surface area contributed by atoms with Crippen LogP contribution in [0.1, 0.15) is 33.4 Å². The number of likely N-dealkylation sites (N-methyl/N-ethyl adjacent to an activating group) is 1. The van der Waals surface area contributed by atoms with Crippen molar-refractivity contribution < 1.29 is 14.1 Å². The van der Waals surface area contributed by atoms with Crippen LogP contribution in [-0.4, -0.2) is 88.2 Å². The van der Waals surface area contributed by atoms with Gasteiger partial charge in [0.1, 0.15) is 11.3 Å². The maximum atomic E-state index is 13.3. The third-order valence-electron chi connectivity index (χ3n) is 7.22. The summed E-state index contributed by atoms with van der Waals surface area (Å²) < 4.78 is 12.8. The molecule has 10 nitrogen and oxygen atoms in total. The molecule has 0 bridgehead atoms. The molecular weight excluding hydrogens is 470 g/mol. The molecular formula is C27H31N7O3. The third-order valence-corrected chi connectivity index (χ3v) is 7.22. The van der Waals surface area contributed by atoms with E-state index in [1.807, 2.05) is 41.8 Å². The van der Waals surface area contributed by atoms with Crippen LogP contribution >= 0.6 is 0 Å². The first kappa shape index (κ1) is 23.8. The zero-order valence-corrected chi connectivity index (χ0v) is 21.2. The second-order valence-corrected chi connectivity index (χ2v) is 9.97. The molecule has 2 saturated heterocycles. The molecule has 0 radical (unpaired) electrons. The standard InChI is InChI=1S/C27H31N7O3/c1-18-3-5-20(25-30-27(37-31-25)21-16-32(2)17-21)13-22(18)29-26(35)23-14-28-24-6-4-19(15-34(23)24)7-8-33-9-11-36-12-10-33/h3-6,13-15,21H,7-12,16-17H2,1-2H3,(H,29,35). The highest BCUT2D eigenvalue weighted by atomic mass is 16.5. The van der Waals surface area contributed by atoms with Gasteiger partial charge in [-0.25, -0.2) is 4.98 Å². The van der Waals surface area contributed by atoms with Gasteiger partial charge in [-0.15, -0.1) is 0 Å². The number of hydrogen-bond donors (Lipinski definition) is 1. The van der Waals surface area contributed by atoms with Crippen LogP contribution in [0.25, 0.3) is 17.0 Å². The fourth-order valence-electron chi connectivity index (χ4n) is 4.91. The fourth-order valence-corrected chi connectivity index (χ4v) is 4.91. The zero-order chi connectivity index (χ0) is 25.4. The van der Waals surface area contributed by atoms with Gasteiger partial charge in [0.25, 0.3) is 5.91 Å². The highest BCUT2D eigenvalue weighted by molar-refractivity contribution is 6.04. The third kappa shape index (κ3) is 5.00. The number of nitrogens with one attached hydrogen (secondary N) is 1. The van der Waals surface area contributed by atoms with Crippen molar-refractivity contribution in [2.75, 3.05) is 58.3 Å². The van der Waals surface area contributed by atoms with Gasteiger partial charge in [-0.2, -0.15) is 4.98 Å². The number of carbonyl (C=O) groups excluding carboxylic acids is 1. The Morgan fingerprint density at radius 3 is 2.81 bits per heavy atom. The van der Waals surface area contributed by atoms with Crippen LogP contribution < -0.4 is 5.32 Å². The van der Waals surface area contributed by atoms with Gasteiger partial charge in [-0.05, 0) is 43.7 Å². The van der Waals surface area contributed by atoms with E-state index in [1.54, 1.807) is 6.20 Å². The molecule has 192 valence electrons. The van der Waals surface area contributed by atoms with E-state index in [9.17, 15) is 4.79 Å². The van der Waals surface area contributed by atoms with E-state index in [-0.39, 0.29) is 11.8 Å². The molecule has 0 spiro atoms. The zero-order valence-electron chi connectivity index (χ0n) is 21.2. The molecule has 4 aromatic rings. The SMILES string of the molecule is Cc1ccc(-c2noc(C3CN(C)C3)n2)cc1NC(=O)c1cnc2ccc(CCN3CCOCC3)cn12. The topological polar surface area (TPSA) is 101 Å². The van der Waals surface area contributed by atoms with Crippen molar-refractivity contribution in [3.63, 3.8) is 0 Å². The van der Waals surface area contributed by atoms with Gasteiger partial charge in [-0.3, -0.25) is 14.1 Å². The molecule has 0 aliphatic carbocycles. The molecule has 2 aliphatic rings. The van der Waals surface area contributed by atoms with E-state index in [0.717, 1.165) is 74.7 Å². The van der Waals surface area contributed by atoms with Crippen LogP contribution in [-0.2, 0) is 11.2 Å². The van der Waals surface area contributed by atoms with E-state index in [4.69, 9.17) is 9.26 Å². The molecule has 10 heteroatoms. The molecule has 1 amide bonds. The highest BCUT2D eigenvalue weighted by Crippen LogP contribution is 2.28. The lowest BCUT2D eigenvalue weighted by Gasteiger charge is -2.33. The molecule has 37 heavy (non-hydrogen) atoms. The van der Waals surface area contributed by atoms with Crippen LogP contribution in [0.4, 0.5) is 5.69 Å². The summed E-state index contributed by atoms with van der Waals surface area (Å²) in [6.45, 7) is 8.27. The van der Waals surface area contributed by atoms with E-state index in [1.165, 1.54) is 0 Å². The number of fused-ring (bicyclic) bond motifs is 1. The lowest BCUT2D eigenvalue weighted by Crippen LogP contribution is -2.41. The van der Waals surface area contributed by atoms with Crippen LogP contribution in [0.2, 0.25) is 0 Å². The Kier molecular flexibility index (Phi) is 6.45. The Morgan fingerprint density at radius 1 is 1.16 bits per heavy atom. The summed E-state index contributed by atoms with van der Waals surface area (Å²) in [7, 11) is 2.07. The minimum atomic E-state index is -0.218. The van der Waals surface area contributed by atoms with Gasteiger partial charge in [0, 0.05) is 50.2 Å². The first-order valence-corrected chi connectivity index (χ1v) is 12.7. The second-order valence-electron chi connectivity index (χ2n) is 9.97. The van der Waals surface area contributed by atoms with Gasteiger partial charge in [0.05, 0.1) is 25.3 Å². The second kappa shape index (κ2) is 10.0. The number of amides is 1. The van der Waals surface area contributed by atoms with Gasteiger partial charge in [0.15, 0.2) is 0 Å². The minimum absolute atomic E-state index is 0.218. The van der Waals surface area contributed by atoms with Crippen molar-refractivity contribution in [1.82, 2.24) is 29.3 Å². The number of likely N-dealkylation sites (tertiary alicyclic amines) is 1. The molecule has 2 aliphatic heterocycles. The number of benzene rings is 1. The lowest BCUT2D eigenvalue weighted by atomic mass is 10.0. The number of aryl methyl sites for hydroxylation is 1. The monoisotopic (exact) mass is 501 g/mol. The number of ether oxygens (including phenoxy) is 1. The van der Waals surface area contributed by atoms with Gasteiger partial charge in [-0.1, -0.05) is 23.4 Å². The van der Waals surface area contributed by atoms with Crippen LogP contribution in [0, 0.1) is 6.92 Å². The van der Waals surface area contributed by atoms with Crippen LogP contribution in [0.5, 0.6) is 0 Å². The Labute approximate surface area is 215 Å². The fraction of sp³-hybridized carbons (Fsp3) is 0.407. The van der Waals surface area contributed by atoms with Crippen molar-refractivity contribution in [2.24, 2.45) is 0 Å². The summed E-state index contributed by atoms with van der Waals surface area (Å²) in [5.41, 5.74) is 4.84. The molecule has 0 atom stereocenters. The Morgan fingerprint density at radius 2 is 2.00 bits per heavy atom. The maximum Gasteiger partial charge on any atom is 0.274 e. The van der Waals surface area contributed by atoms with Crippen molar-refractivity contribution in [1.29, 1.82) is 0 Å².